The molecule has 0 aromatic heterocycles. The van der Waals surface area contributed by atoms with E-state index in [0.29, 0.717) is 28.6 Å². The molecule has 2 aromatic carbocycles. The van der Waals surface area contributed by atoms with Crippen LogP contribution < -0.4 is 14.8 Å². The SMILES string of the molecule is CN(C)C(CNC(=O)c1cc(Cl)c2c(c1)OCO2)Cc1ccccc1. The van der Waals surface area contributed by atoms with E-state index in [0.717, 1.165) is 6.42 Å². The minimum absolute atomic E-state index is 0.125. The summed E-state index contributed by atoms with van der Waals surface area (Å²) >= 11 is 6.15. The summed E-state index contributed by atoms with van der Waals surface area (Å²) in [6, 6.07) is 13.7. The van der Waals surface area contributed by atoms with Crippen LogP contribution in [0.1, 0.15) is 15.9 Å². The van der Waals surface area contributed by atoms with E-state index in [1.165, 1.54) is 5.56 Å². The van der Waals surface area contributed by atoms with Gasteiger partial charge < -0.3 is 19.7 Å². The lowest BCUT2D eigenvalue weighted by Crippen LogP contribution is -2.41. The molecule has 1 aliphatic heterocycles. The molecule has 0 bridgehead atoms. The Kier molecular flexibility index (Phi) is 5.46. The first-order chi connectivity index (χ1) is 12.0. The molecule has 0 radical (unpaired) electrons. The minimum Gasteiger partial charge on any atom is -0.454 e. The predicted octanol–water partition coefficient (Wildman–Crippen LogP) is 2.97. The van der Waals surface area contributed by atoms with Crippen LogP contribution in [0.15, 0.2) is 42.5 Å². The van der Waals surface area contributed by atoms with Gasteiger partial charge in [-0.15, -0.1) is 0 Å². The molecule has 0 saturated heterocycles. The Morgan fingerprint density at radius 2 is 2.00 bits per heavy atom. The molecule has 132 valence electrons. The molecule has 1 atom stereocenters. The van der Waals surface area contributed by atoms with E-state index >= 15 is 0 Å². The molecule has 1 N–H and O–H groups in total. The molecule has 25 heavy (non-hydrogen) atoms. The average molecular weight is 361 g/mol. The van der Waals surface area contributed by atoms with Gasteiger partial charge in [0.1, 0.15) is 0 Å². The summed E-state index contributed by atoms with van der Waals surface area (Å²) in [5.41, 5.74) is 1.70. The first kappa shape index (κ1) is 17.6. The van der Waals surface area contributed by atoms with Gasteiger partial charge >= 0.3 is 0 Å². The van der Waals surface area contributed by atoms with Crippen LogP contribution in [0.25, 0.3) is 0 Å². The normalized spacial score (nSPS) is 13.8. The zero-order valence-electron chi connectivity index (χ0n) is 14.3. The van der Waals surface area contributed by atoms with Crippen molar-refractivity contribution in [3.8, 4) is 11.5 Å². The van der Waals surface area contributed by atoms with Crippen molar-refractivity contribution in [3.63, 3.8) is 0 Å². The molecule has 2 aromatic rings. The van der Waals surface area contributed by atoms with Crippen molar-refractivity contribution < 1.29 is 14.3 Å². The van der Waals surface area contributed by atoms with Crippen LogP contribution in [-0.4, -0.2) is 44.3 Å². The fourth-order valence-electron chi connectivity index (χ4n) is 2.73. The number of likely N-dealkylation sites (N-methyl/N-ethyl adjacent to an activating group) is 1. The zero-order valence-corrected chi connectivity index (χ0v) is 15.0. The first-order valence-electron chi connectivity index (χ1n) is 8.12. The van der Waals surface area contributed by atoms with Crippen molar-refractivity contribution >= 4 is 17.5 Å². The number of fused-ring (bicyclic) bond motifs is 1. The molecule has 5 nitrogen and oxygen atoms in total. The van der Waals surface area contributed by atoms with E-state index in [1.807, 2.05) is 32.3 Å². The lowest BCUT2D eigenvalue weighted by atomic mass is 10.0. The molecule has 1 heterocycles. The highest BCUT2D eigenvalue weighted by Crippen LogP contribution is 2.39. The van der Waals surface area contributed by atoms with E-state index in [4.69, 9.17) is 21.1 Å². The third kappa shape index (κ3) is 4.24. The van der Waals surface area contributed by atoms with Crippen molar-refractivity contribution in [3.05, 3.63) is 58.6 Å². The van der Waals surface area contributed by atoms with Crippen LogP contribution in [0.3, 0.4) is 0 Å². The van der Waals surface area contributed by atoms with Gasteiger partial charge in [-0.2, -0.15) is 0 Å². The van der Waals surface area contributed by atoms with Gasteiger partial charge in [0.25, 0.3) is 5.91 Å². The number of ether oxygens (including phenoxy) is 2. The van der Waals surface area contributed by atoms with Crippen LogP contribution in [0.5, 0.6) is 11.5 Å². The number of carbonyl (C=O) groups is 1. The summed E-state index contributed by atoms with van der Waals surface area (Å²) in [4.78, 5) is 14.6. The van der Waals surface area contributed by atoms with Crippen molar-refractivity contribution in [2.45, 2.75) is 12.5 Å². The van der Waals surface area contributed by atoms with E-state index in [1.54, 1.807) is 12.1 Å². The van der Waals surface area contributed by atoms with Crippen LogP contribution in [-0.2, 0) is 6.42 Å². The molecule has 0 aliphatic carbocycles. The number of nitrogens with zero attached hydrogens (tertiary/aromatic N) is 1. The Balaban J connectivity index is 1.65. The number of rotatable bonds is 6. The summed E-state index contributed by atoms with van der Waals surface area (Å²) in [5, 5.41) is 3.37. The van der Waals surface area contributed by atoms with Crippen LogP contribution >= 0.6 is 11.6 Å². The molecule has 1 unspecified atom stereocenters. The maximum absolute atomic E-state index is 12.5. The topological polar surface area (TPSA) is 50.8 Å². The van der Waals surface area contributed by atoms with Gasteiger partial charge in [0, 0.05) is 18.2 Å². The highest BCUT2D eigenvalue weighted by molar-refractivity contribution is 6.32. The molecule has 1 aliphatic rings. The summed E-state index contributed by atoms with van der Waals surface area (Å²) < 4.78 is 10.6. The number of carbonyl (C=O) groups excluding carboxylic acids is 1. The van der Waals surface area contributed by atoms with Gasteiger partial charge in [0.15, 0.2) is 11.5 Å². The number of nitrogens with one attached hydrogen (secondary N) is 1. The number of hydrogen-bond donors (Lipinski definition) is 1. The van der Waals surface area contributed by atoms with Crippen molar-refractivity contribution in [2.75, 3.05) is 27.4 Å². The summed E-state index contributed by atoms with van der Waals surface area (Å²) in [5.74, 6) is 0.819. The molecule has 6 heteroatoms. The van der Waals surface area contributed by atoms with Gasteiger partial charge in [-0.3, -0.25) is 4.79 Å². The smallest absolute Gasteiger partial charge is 0.251 e. The third-order valence-corrected chi connectivity index (χ3v) is 4.51. The third-order valence-electron chi connectivity index (χ3n) is 4.23. The minimum atomic E-state index is -0.180. The largest absolute Gasteiger partial charge is 0.454 e. The number of amides is 1. The molecule has 3 rings (SSSR count). The lowest BCUT2D eigenvalue weighted by Gasteiger charge is -2.25. The Hall–Kier alpha value is -2.24. The van der Waals surface area contributed by atoms with Gasteiger partial charge in [-0.05, 0) is 38.2 Å². The fraction of sp³-hybridized carbons (Fsp3) is 0.316. The maximum Gasteiger partial charge on any atom is 0.251 e. The molecule has 0 saturated carbocycles. The number of hydrogen-bond acceptors (Lipinski definition) is 4. The maximum atomic E-state index is 12.5. The van der Waals surface area contributed by atoms with Gasteiger partial charge in [-0.1, -0.05) is 41.9 Å². The fourth-order valence-corrected chi connectivity index (χ4v) is 3.00. The lowest BCUT2D eigenvalue weighted by molar-refractivity contribution is 0.0941. The van der Waals surface area contributed by atoms with Gasteiger partial charge in [0.05, 0.1) is 5.02 Å². The van der Waals surface area contributed by atoms with E-state index < -0.39 is 0 Å². The highest BCUT2D eigenvalue weighted by Gasteiger charge is 2.21. The molecular formula is C19H21ClN2O3. The van der Waals surface area contributed by atoms with Crippen molar-refractivity contribution in [1.82, 2.24) is 10.2 Å². The second-order valence-electron chi connectivity index (χ2n) is 6.21. The summed E-state index contributed by atoms with van der Waals surface area (Å²) in [7, 11) is 4.02. The summed E-state index contributed by atoms with van der Waals surface area (Å²) in [6.07, 6.45) is 0.857. The molecule has 1 amide bonds. The zero-order chi connectivity index (χ0) is 17.8. The Morgan fingerprint density at radius 3 is 2.72 bits per heavy atom. The van der Waals surface area contributed by atoms with Gasteiger partial charge in [-0.25, -0.2) is 0 Å². The van der Waals surface area contributed by atoms with Crippen molar-refractivity contribution in [2.24, 2.45) is 0 Å². The van der Waals surface area contributed by atoms with Crippen LogP contribution in [0, 0.1) is 0 Å². The first-order valence-corrected chi connectivity index (χ1v) is 8.50. The second-order valence-corrected chi connectivity index (χ2v) is 6.62. The molecule has 0 spiro atoms. The second kappa shape index (κ2) is 7.76. The van der Waals surface area contributed by atoms with Crippen LogP contribution in [0.4, 0.5) is 0 Å². The Labute approximate surface area is 152 Å². The predicted molar refractivity (Wildman–Crippen MR) is 97.5 cm³/mol. The standard InChI is InChI=1S/C19H21ClN2O3/c1-22(2)15(8-13-6-4-3-5-7-13)11-21-19(23)14-9-16(20)18-17(10-14)24-12-25-18/h3-7,9-10,15H,8,11-12H2,1-2H3,(H,21,23). The molecule has 0 fully saturated rings. The van der Waals surface area contributed by atoms with Crippen molar-refractivity contribution in [1.29, 1.82) is 0 Å². The number of halogens is 1. The summed E-state index contributed by atoms with van der Waals surface area (Å²) in [6.45, 7) is 0.659. The Morgan fingerprint density at radius 1 is 1.24 bits per heavy atom. The highest BCUT2D eigenvalue weighted by atomic mass is 35.5. The Bertz CT molecular complexity index is 750. The van der Waals surface area contributed by atoms with E-state index in [2.05, 4.69) is 22.3 Å². The number of benzene rings is 2. The van der Waals surface area contributed by atoms with E-state index in [9.17, 15) is 4.79 Å². The van der Waals surface area contributed by atoms with Crippen LogP contribution in [0.2, 0.25) is 5.02 Å². The van der Waals surface area contributed by atoms with Gasteiger partial charge in [0.2, 0.25) is 6.79 Å². The average Bonchev–Trinajstić information content (AvgIpc) is 3.08. The van der Waals surface area contributed by atoms with E-state index in [-0.39, 0.29) is 18.7 Å². The molecular weight excluding hydrogens is 340 g/mol. The quantitative estimate of drug-likeness (QED) is 0.860. The monoisotopic (exact) mass is 360 g/mol.